The van der Waals surface area contributed by atoms with Crippen molar-refractivity contribution in [3.63, 3.8) is 0 Å². The Kier molecular flexibility index (Phi) is 4.79. The van der Waals surface area contributed by atoms with Crippen molar-refractivity contribution in [3.05, 3.63) is 70.2 Å². The van der Waals surface area contributed by atoms with Gasteiger partial charge in [0, 0.05) is 11.5 Å². The van der Waals surface area contributed by atoms with Crippen LogP contribution in [0.25, 0.3) is 0 Å². The molecule has 4 nitrogen and oxygen atoms in total. The molecule has 0 radical (unpaired) electrons. The number of nitrogens with zero attached hydrogens (tertiary/aromatic N) is 2. The number of hydrogen-bond donors (Lipinski definition) is 1. The van der Waals surface area contributed by atoms with E-state index in [1.807, 2.05) is 50.3 Å². The van der Waals surface area contributed by atoms with Gasteiger partial charge in [0.05, 0.1) is 5.71 Å². The van der Waals surface area contributed by atoms with E-state index in [1.165, 1.54) is 0 Å². The van der Waals surface area contributed by atoms with Crippen LogP contribution in [0.15, 0.2) is 59.1 Å². The maximum absolute atomic E-state index is 9.02. The van der Waals surface area contributed by atoms with E-state index in [-0.39, 0.29) is 11.5 Å². The second-order valence-electron chi connectivity index (χ2n) is 5.47. The van der Waals surface area contributed by atoms with E-state index in [2.05, 4.69) is 0 Å². The Morgan fingerprint density at radius 3 is 2.26 bits per heavy atom. The van der Waals surface area contributed by atoms with Crippen molar-refractivity contribution in [3.8, 4) is 12.1 Å². The van der Waals surface area contributed by atoms with Crippen molar-refractivity contribution in [1.29, 1.82) is 15.9 Å². The fraction of sp³-hybridized carbons (Fsp3) is 0.211. The Balaban J connectivity index is 2.36. The normalized spacial score (nSPS) is 14.6. The first kappa shape index (κ1) is 16.3. The Bertz CT molecular complexity index is 796. The molecule has 1 N–H and O–H groups in total. The average molecular weight is 303 g/mol. The van der Waals surface area contributed by atoms with Gasteiger partial charge in [0.15, 0.2) is 0 Å². The molecule has 4 heteroatoms. The van der Waals surface area contributed by atoms with Crippen LogP contribution in [-0.4, -0.2) is 5.71 Å². The van der Waals surface area contributed by atoms with Crippen molar-refractivity contribution in [2.75, 3.05) is 0 Å². The van der Waals surface area contributed by atoms with E-state index in [0.29, 0.717) is 22.8 Å². The standard InChI is InChI=1S/C19H17N3O/c1-12-4-6-15(7-5-12)14(3)19(22)18-9-16(8-13(2)23-18)17(10-20)11-21/h4-9,14,22H,1-3H3. The molecule has 2 rings (SSSR count). The number of nitrogens with one attached hydrogen (secondary N) is 1. The highest BCUT2D eigenvalue weighted by atomic mass is 16.5. The molecular formula is C19H17N3O. The van der Waals surface area contributed by atoms with Gasteiger partial charge >= 0.3 is 0 Å². The largest absolute Gasteiger partial charge is 0.460 e. The number of benzene rings is 1. The lowest BCUT2D eigenvalue weighted by Gasteiger charge is -2.20. The summed E-state index contributed by atoms with van der Waals surface area (Å²) < 4.78 is 5.63. The molecule has 0 saturated carbocycles. The number of nitriles is 2. The predicted octanol–water partition coefficient (Wildman–Crippen LogP) is 4.28. The second-order valence-corrected chi connectivity index (χ2v) is 5.47. The van der Waals surface area contributed by atoms with Crippen LogP contribution in [0.5, 0.6) is 0 Å². The number of hydrogen-bond acceptors (Lipinski definition) is 4. The zero-order chi connectivity index (χ0) is 17.0. The topological polar surface area (TPSA) is 80.7 Å². The maximum Gasteiger partial charge on any atom is 0.148 e. The summed E-state index contributed by atoms with van der Waals surface area (Å²) in [6.07, 6.45) is 3.22. The third-order valence-electron chi connectivity index (χ3n) is 3.70. The van der Waals surface area contributed by atoms with Crippen molar-refractivity contribution in [2.24, 2.45) is 0 Å². The zero-order valence-corrected chi connectivity index (χ0v) is 13.3. The van der Waals surface area contributed by atoms with Crippen LogP contribution < -0.4 is 0 Å². The second kappa shape index (κ2) is 6.77. The lowest BCUT2D eigenvalue weighted by Crippen LogP contribution is -2.15. The van der Waals surface area contributed by atoms with Gasteiger partial charge in [-0.2, -0.15) is 10.5 Å². The molecule has 1 aliphatic heterocycles. The third-order valence-corrected chi connectivity index (χ3v) is 3.70. The SMILES string of the molecule is CC1=CC(=C(C#N)C#N)C=C(C(=N)C(C)c2ccc(C)cc2)O1. The highest BCUT2D eigenvalue weighted by Crippen LogP contribution is 2.27. The highest BCUT2D eigenvalue weighted by molar-refractivity contribution is 6.01. The first-order chi connectivity index (χ1) is 11.0. The van der Waals surface area contributed by atoms with E-state index in [0.717, 1.165) is 11.1 Å². The molecule has 1 aromatic carbocycles. The first-order valence-corrected chi connectivity index (χ1v) is 7.24. The van der Waals surface area contributed by atoms with Gasteiger partial charge < -0.3 is 10.1 Å². The summed E-state index contributed by atoms with van der Waals surface area (Å²) in [5, 5.41) is 26.4. The van der Waals surface area contributed by atoms with Gasteiger partial charge in [-0.15, -0.1) is 0 Å². The lowest BCUT2D eigenvalue weighted by atomic mass is 9.92. The monoisotopic (exact) mass is 303 g/mol. The van der Waals surface area contributed by atoms with Gasteiger partial charge in [0.1, 0.15) is 29.2 Å². The molecule has 1 aromatic rings. The van der Waals surface area contributed by atoms with Crippen LogP contribution in [0, 0.1) is 35.0 Å². The van der Waals surface area contributed by atoms with E-state index in [4.69, 9.17) is 20.7 Å². The van der Waals surface area contributed by atoms with E-state index >= 15 is 0 Å². The van der Waals surface area contributed by atoms with Crippen molar-refractivity contribution in [2.45, 2.75) is 26.7 Å². The molecule has 1 unspecified atom stereocenters. The number of rotatable bonds is 3. The summed E-state index contributed by atoms with van der Waals surface area (Å²) in [4.78, 5) is 0. The molecular weight excluding hydrogens is 286 g/mol. The summed E-state index contributed by atoms with van der Waals surface area (Å²) >= 11 is 0. The summed E-state index contributed by atoms with van der Waals surface area (Å²) in [6.45, 7) is 5.69. The molecule has 0 amide bonds. The Hall–Kier alpha value is -3.11. The van der Waals surface area contributed by atoms with E-state index < -0.39 is 0 Å². The molecule has 1 heterocycles. The van der Waals surface area contributed by atoms with E-state index in [9.17, 15) is 0 Å². The Morgan fingerprint density at radius 1 is 1.09 bits per heavy atom. The molecule has 1 aliphatic rings. The quantitative estimate of drug-likeness (QED) is 0.668. The van der Waals surface area contributed by atoms with Gasteiger partial charge in [-0.05, 0) is 31.6 Å². The van der Waals surface area contributed by atoms with Gasteiger partial charge in [-0.3, -0.25) is 0 Å². The summed E-state index contributed by atoms with van der Waals surface area (Å²) in [7, 11) is 0. The van der Waals surface area contributed by atoms with Crippen molar-refractivity contribution < 1.29 is 4.74 Å². The molecule has 0 fully saturated rings. The van der Waals surface area contributed by atoms with Crippen LogP contribution in [0.4, 0.5) is 0 Å². The summed E-state index contributed by atoms with van der Waals surface area (Å²) in [6, 6.07) is 11.7. The number of allylic oxidation sites excluding steroid dienone is 6. The molecule has 0 spiro atoms. The molecule has 0 saturated heterocycles. The predicted molar refractivity (Wildman–Crippen MR) is 88.5 cm³/mol. The number of ether oxygens (including phenoxy) is 1. The summed E-state index contributed by atoms with van der Waals surface area (Å²) in [5.74, 6) is 0.777. The zero-order valence-electron chi connectivity index (χ0n) is 13.3. The van der Waals surface area contributed by atoms with Crippen LogP contribution >= 0.6 is 0 Å². The lowest BCUT2D eigenvalue weighted by molar-refractivity contribution is 0.323. The molecule has 114 valence electrons. The van der Waals surface area contributed by atoms with Crippen molar-refractivity contribution in [1.82, 2.24) is 0 Å². The Morgan fingerprint density at radius 2 is 1.70 bits per heavy atom. The van der Waals surface area contributed by atoms with Crippen LogP contribution in [0.2, 0.25) is 0 Å². The van der Waals surface area contributed by atoms with Crippen LogP contribution in [0.3, 0.4) is 0 Å². The average Bonchev–Trinajstić information content (AvgIpc) is 2.55. The minimum atomic E-state index is -0.151. The van der Waals surface area contributed by atoms with Crippen molar-refractivity contribution >= 4 is 5.71 Å². The van der Waals surface area contributed by atoms with Gasteiger partial charge in [-0.25, -0.2) is 0 Å². The smallest absolute Gasteiger partial charge is 0.148 e. The van der Waals surface area contributed by atoms with Gasteiger partial charge in [-0.1, -0.05) is 36.8 Å². The Labute approximate surface area is 136 Å². The highest BCUT2D eigenvalue weighted by Gasteiger charge is 2.21. The van der Waals surface area contributed by atoms with Gasteiger partial charge in [0.2, 0.25) is 0 Å². The first-order valence-electron chi connectivity index (χ1n) is 7.24. The maximum atomic E-state index is 9.02. The minimum Gasteiger partial charge on any atom is -0.460 e. The fourth-order valence-corrected chi connectivity index (χ4v) is 2.30. The fourth-order valence-electron chi connectivity index (χ4n) is 2.30. The summed E-state index contributed by atoms with van der Waals surface area (Å²) in [5.41, 5.74) is 2.99. The van der Waals surface area contributed by atoms with E-state index in [1.54, 1.807) is 19.1 Å². The number of aryl methyl sites for hydroxylation is 1. The molecule has 0 aliphatic carbocycles. The molecule has 1 atom stereocenters. The molecule has 0 bridgehead atoms. The van der Waals surface area contributed by atoms with Crippen LogP contribution in [0.1, 0.15) is 30.9 Å². The van der Waals surface area contributed by atoms with Crippen LogP contribution in [-0.2, 0) is 4.74 Å². The minimum absolute atomic E-state index is 0.0148. The van der Waals surface area contributed by atoms with Gasteiger partial charge in [0.25, 0.3) is 0 Å². The molecule has 23 heavy (non-hydrogen) atoms. The third kappa shape index (κ3) is 3.56. The molecule has 0 aromatic heterocycles.